The second-order valence-corrected chi connectivity index (χ2v) is 3.62. The monoisotopic (exact) mass is 223 g/mol. The highest BCUT2D eigenvalue weighted by Gasteiger charge is 2.14. The molecule has 1 aromatic heterocycles. The highest BCUT2D eigenvalue weighted by atomic mass is 16.3. The van der Waals surface area contributed by atoms with Crippen molar-refractivity contribution in [1.82, 2.24) is 10.3 Å². The van der Waals surface area contributed by atoms with Gasteiger partial charge in [0.05, 0.1) is 12.6 Å². The first-order valence-corrected chi connectivity index (χ1v) is 5.11. The third-order valence-corrected chi connectivity index (χ3v) is 2.29. The number of nitrogens with one attached hydrogen (secondary N) is 1. The van der Waals surface area contributed by atoms with E-state index in [1.165, 1.54) is 0 Å². The van der Waals surface area contributed by atoms with Crippen molar-refractivity contribution >= 4 is 11.7 Å². The highest BCUT2D eigenvalue weighted by Crippen LogP contribution is 2.22. The minimum absolute atomic E-state index is 0.0929. The van der Waals surface area contributed by atoms with Gasteiger partial charge in [-0.1, -0.05) is 6.07 Å². The molecule has 0 unspecified atom stereocenters. The van der Waals surface area contributed by atoms with Gasteiger partial charge in [0.2, 0.25) is 5.91 Å². The summed E-state index contributed by atoms with van der Waals surface area (Å²) >= 11 is 0. The lowest BCUT2D eigenvalue weighted by molar-refractivity contribution is -0.119. The zero-order valence-corrected chi connectivity index (χ0v) is 9.77. The van der Waals surface area contributed by atoms with Crippen LogP contribution in [0.3, 0.4) is 0 Å². The molecule has 0 spiro atoms. The molecule has 5 heteroatoms. The molecule has 0 bridgehead atoms. The van der Waals surface area contributed by atoms with E-state index < -0.39 is 6.10 Å². The van der Waals surface area contributed by atoms with Gasteiger partial charge in [-0.05, 0) is 13.0 Å². The lowest BCUT2D eigenvalue weighted by Gasteiger charge is -2.21. The number of aliphatic hydroxyl groups is 1. The molecule has 1 amide bonds. The van der Waals surface area contributed by atoms with Crippen LogP contribution < -0.4 is 10.2 Å². The van der Waals surface area contributed by atoms with Crippen molar-refractivity contribution in [2.45, 2.75) is 13.0 Å². The Morgan fingerprint density at radius 2 is 2.38 bits per heavy atom. The van der Waals surface area contributed by atoms with Crippen LogP contribution in [-0.4, -0.2) is 36.6 Å². The number of anilines is 1. The molecule has 5 nitrogen and oxygen atoms in total. The Morgan fingerprint density at radius 3 is 2.94 bits per heavy atom. The quantitative estimate of drug-likeness (QED) is 0.771. The Morgan fingerprint density at radius 1 is 1.69 bits per heavy atom. The molecule has 0 aliphatic heterocycles. The summed E-state index contributed by atoms with van der Waals surface area (Å²) < 4.78 is 0. The highest BCUT2D eigenvalue weighted by molar-refractivity contribution is 5.80. The largest absolute Gasteiger partial charge is 0.389 e. The lowest BCUT2D eigenvalue weighted by atomic mass is 10.1. The van der Waals surface area contributed by atoms with E-state index in [0.717, 1.165) is 0 Å². The second-order valence-electron chi connectivity index (χ2n) is 3.62. The summed E-state index contributed by atoms with van der Waals surface area (Å²) in [5, 5.41) is 12.1. The number of nitrogens with zero attached hydrogens (tertiary/aromatic N) is 2. The van der Waals surface area contributed by atoms with Crippen LogP contribution in [0.5, 0.6) is 0 Å². The number of amides is 1. The zero-order valence-electron chi connectivity index (χ0n) is 9.77. The van der Waals surface area contributed by atoms with E-state index >= 15 is 0 Å². The van der Waals surface area contributed by atoms with Crippen molar-refractivity contribution in [3.8, 4) is 0 Å². The van der Waals surface area contributed by atoms with Crippen LogP contribution in [0.4, 0.5) is 5.82 Å². The first kappa shape index (κ1) is 12.4. The predicted molar refractivity (Wildman–Crippen MR) is 62.2 cm³/mol. The Labute approximate surface area is 95.1 Å². The molecular formula is C11H17N3O2. The van der Waals surface area contributed by atoms with Crippen molar-refractivity contribution in [1.29, 1.82) is 0 Å². The molecule has 1 atom stereocenters. The molecule has 1 rings (SSSR count). The molecule has 88 valence electrons. The first-order chi connectivity index (χ1) is 7.56. The van der Waals surface area contributed by atoms with Crippen molar-refractivity contribution in [3.63, 3.8) is 0 Å². The van der Waals surface area contributed by atoms with Crippen molar-refractivity contribution in [2.24, 2.45) is 0 Å². The molecule has 0 radical (unpaired) electrons. The fraction of sp³-hybridized carbons (Fsp3) is 0.455. The van der Waals surface area contributed by atoms with E-state index in [9.17, 15) is 9.90 Å². The summed E-state index contributed by atoms with van der Waals surface area (Å²) in [5.74, 6) is 0.533. The van der Waals surface area contributed by atoms with E-state index in [1.54, 1.807) is 44.2 Å². The summed E-state index contributed by atoms with van der Waals surface area (Å²) in [7, 11) is 3.35. The number of carbonyl (C=O) groups is 1. The van der Waals surface area contributed by atoms with Crippen molar-refractivity contribution in [3.05, 3.63) is 23.9 Å². The number of aliphatic hydroxyl groups excluding tert-OH is 1. The molecular weight excluding hydrogens is 206 g/mol. The Balaban J connectivity index is 2.90. The number of rotatable bonds is 4. The molecule has 0 saturated carbocycles. The minimum atomic E-state index is -0.601. The molecule has 0 saturated heterocycles. The van der Waals surface area contributed by atoms with Gasteiger partial charge in [-0.3, -0.25) is 4.79 Å². The Kier molecular flexibility index (Phi) is 4.25. The van der Waals surface area contributed by atoms with Gasteiger partial charge in [0, 0.05) is 25.9 Å². The van der Waals surface area contributed by atoms with Crippen LogP contribution in [-0.2, 0) is 4.79 Å². The van der Waals surface area contributed by atoms with Crippen LogP contribution >= 0.6 is 0 Å². The number of hydrogen-bond acceptors (Lipinski definition) is 4. The topological polar surface area (TPSA) is 65.5 Å². The standard InChI is InChI=1S/C11H17N3O2/c1-8(15)9-5-4-6-13-11(9)14(3)7-10(16)12-2/h4-6,8,15H,7H2,1-3H3,(H,12,16)/t8-/m0/s1. The predicted octanol–water partition coefficient (Wildman–Crippen LogP) is 0.317. The fourth-order valence-corrected chi connectivity index (χ4v) is 1.42. The van der Waals surface area contributed by atoms with Gasteiger partial charge >= 0.3 is 0 Å². The number of carbonyl (C=O) groups excluding carboxylic acids is 1. The molecule has 2 N–H and O–H groups in total. The molecule has 0 fully saturated rings. The summed E-state index contributed by atoms with van der Waals surface area (Å²) in [6.07, 6.45) is 1.04. The maximum absolute atomic E-state index is 11.2. The van der Waals surface area contributed by atoms with E-state index in [2.05, 4.69) is 10.3 Å². The Hall–Kier alpha value is -1.62. The summed E-state index contributed by atoms with van der Waals surface area (Å²) in [5.41, 5.74) is 0.717. The Bertz CT molecular complexity index is 366. The fourth-order valence-electron chi connectivity index (χ4n) is 1.42. The number of hydrogen-bond donors (Lipinski definition) is 2. The maximum atomic E-state index is 11.2. The normalized spacial score (nSPS) is 12.0. The van der Waals surface area contributed by atoms with E-state index in [-0.39, 0.29) is 12.5 Å². The van der Waals surface area contributed by atoms with Gasteiger partial charge in [-0.15, -0.1) is 0 Å². The van der Waals surface area contributed by atoms with Crippen molar-refractivity contribution in [2.75, 3.05) is 25.5 Å². The van der Waals surface area contributed by atoms with Crippen LogP contribution in [0.15, 0.2) is 18.3 Å². The smallest absolute Gasteiger partial charge is 0.239 e. The molecule has 0 aromatic carbocycles. The average Bonchev–Trinajstić information content (AvgIpc) is 2.28. The van der Waals surface area contributed by atoms with Crippen LogP contribution in [0.2, 0.25) is 0 Å². The SMILES string of the molecule is CNC(=O)CN(C)c1ncccc1[C@H](C)O. The lowest BCUT2D eigenvalue weighted by Crippen LogP contribution is -2.34. The average molecular weight is 223 g/mol. The van der Waals surface area contributed by atoms with E-state index in [4.69, 9.17) is 0 Å². The third kappa shape index (κ3) is 2.93. The van der Waals surface area contributed by atoms with Gasteiger partial charge in [-0.2, -0.15) is 0 Å². The molecule has 0 aliphatic rings. The number of pyridine rings is 1. The van der Waals surface area contributed by atoms with Gasteiger partial charge < -0.3 is 15.3 Å². The first-order valence-electron chi connectivity index (χ1n) is 5.11. The maximum Gasteiger partial charge on any atom is 0.239 e. The zero-order chi connectivity index (χ0) is 12.1. The van der Waals surface area contributed by atoms with E-state index in [1.807, 2.05) is 0 Å². The summed E-state index contributed by atoms with van der Waals surface area (Å²) in [6, 6.07) is 3.56. The van der Waals surface area contributed by atoms with Crippen molar-refractivity contribution < 1.29 is 9.90 Å². The minimum Gasteiger partial charge on any atom is -0.389 e. The molecule has 1 aromatic rings. The van der Waals surface area contributed by atoms with Crippen LogP contribution in [0.1, 0.15) is 18.6 Å². The van der Waals surface area contributed by atoms with Gasteiger partial charge in [0.1, 0.15) is 5.82 Å². The van der Waals surface area contributed by atoms with E-state index in [0.29, 0.717) is 11.4 Å². The van der Waals surface area contributed by atoms with Gasteiger partial charge in [-0.25, -0.2) is 4.98 Å². The second kappa shape index (κ2) is 5.46. The number of likely N-dealkylation sites (N-methyl/N-ethyl adjacent to an activating group) is 2. The molecule has 16 heavy (non-hydrogen) atoms. The van der Waals surface area contributed by atoms with Gasteiger partial charge in [0.25, 0.3) is 0 Å². The molecule has 0 aliphatic carbocycles. The van der Waals surface area contributed by atoms with Crippen LogP contribution in [0.25, 0.3) is 0 Å². The molecule has 1 heterocycles. The third-order valence-electron chi connectivity index (χ3n) is 2.29. The van der Waals surface area contributed by atoms with Crippen LogP contribution in [0, 0.1) is 0 Å². The summed E-state index contributed by atoms with van der Waals surface area (Å²) in [6.45, 7) is 1.89. The number of aromatic nitrogens is 1. The summed E-state index contributed by atoms with van der Waals surface area (Å²) in [4.78, 5) is 17.1. The van der Waals surface area contributed by atoms with Gasteiger partial charge in [0.15, 0.2) is 0 Å².